The number of hydrogen-bond donors (Lipinski definition) is 4. The molecule has 0 aliphatic carbocycles. The summed E-state index contributed by atoms with van der Waals surface area (Å²) in [4.78, 5) is 26.6. The molecular formula is C35H37FN4O4S. The van der Waals surface area contributed by atoms with Crippen molar-refractivity contribution in [2.24, 2.45) is 0 Å². The Hall–Kier alpha value is -4.80. The summed E-state index contributed by atoms with van der Waals surface area (Å²) in [6, 6.07) is 23.2. The predicted molar refractivity (Wildman–Crippen MR) is 182 cm³/mol. The van der Waals surface area contributed by atoms with E-state index in [0.29, 0.717) is 33.4 Å². The molecule has 1 atom stereocenters. The van der Waals surface area contributed by atoms with Crippen LogP contribution in [-0.2, 0) is 0 Å². The lowest BCUT2D eigenvalue weighted by molar-refractivity contribution is 0.0916. The smallest absolute Gasteiger partial charge is 0.255 e. The average Bonchev–Trinajstić information content (AvgIpc) is 3.46. The van der Waals surface area contributed by atoms with Crippen LogP contribution < -0.4 is 20.7 Å². The third kappa shape index (κ3) is 6.97. The Bertz CT molecular complexity index is 1790. The van der Waals surface area contributed by atoms with E-state index in [1.165, 1.54) is 31.1 Å². The lowest BCUT2D eigenvalue weighted by Gasteiger charge is -2.21. The van der Waals surface area contributed by atoms with Gasteiger partial charge in [-0.25, -0.2) is 4.39 Å². The summed E-state index contributed by atoms with van der Waals surface area (Å²) >= 11 is 1.48. The summed E-state index contributed by atoms with van der Waals surface area (Å²) in [5, 5.41) is 16.1. The van der Waals surface area contributed by atoms with Crippen LogP contribution in [0.5, 0.6) is 0 Å². The van der Waals surface area contributed by atoms with Crippen molar-refractivity contribution in [1.29, 1.82) is 0 Å². The number of nitrogens with one attached hydrogen (secondary N) is 2. The fourth-order valence-electron chi connectivity index (χ4n) is 4.95. The highest BCUT2D eigenvalue weighted by Crippen LogP contribution is 2.42. The van der Waals surface area contributed by atoms with Crippen LogP contribution >= 0.6 is 11.9 Å². The summed E-state index contributed by atoms with van der Waals surface area (Å²) < 4.78 is 21.9. The summed E-state index contributed by atoms with van der Waals surface area (Å²) in [5.74, 6) is -0.873. The van der Waals surface area contributed by atoms with Crippen molar-refractivity contribution in [1.82, 2.24) is 10.6 Å². The third-order valence-corrected chi connectivity index (χ3v) is 8.02. The predicted octanol–water partition coefficient (Wildman–Crippen LogP) is 7.05. The number of hydrogen-bond acceptors (Lipinski definition) is 7. The third-order valence-electron chi connectivity index (χ3n) is 7.28. The molecule has 0 spiro atoms. The van der Waals surface area contributed by atoms with E-state index in [9.17, 15) is 19.1 Å². The number of anilines is 2. The molecule has 0 fully saturated rings. The molecule has 4 aromatic carbocycles. The van der Waals surface area contributed by atoms with E-state index in [1.807, 2.05) is 80.0 Å². The van der Waals surface area contributed by atoms with Gasteiger partial charge in [-0.15, -0.1) is 0 Å². The Morgan fingerprint density at radius 1 is 0.978 bits per heavy atom. The molecule has 0 bridgehead atoms. The first-order valence-electron chi connectivity index (χ1n) is 14.5. The van der Waals surface area contributed by atoms with Crippen LogP contribution in [-0.4, -0.2) is 43.9 Å². The summed E-state index contributed by atoms with van der Waals surface area (Å²) in [5.41, 5.74) is 11.1. The molecule has 0 aliphatic heterocycles. The minimum atomic E-state index is -0.614. The van der Waals surface area contributed by atoms with Gasteiger partial charge in [-0.05, 0) is 53.6 Å². The highest BCUT2D eigenvalue weighted by atomic mass is 32.2. The van der Waals surface area contributed by atoms with Crippen LogP contribution in [0.15, 0.2) is 89.3 Å². The van der Waals surface area contributed by atoms with E-state index in [0.717, 1.165) is 16.8 Å². The topological polar surface area (TPSA) is 121 Å². The second-order valence-electron chi connectivity index (χ2n) is 9.86. The van der Waals surface area contributed by atoms with Gasteiger partial charge in [-0.2, -0.15) is 0 Å². The molecule has 45 heavy (non-hydrogen) atoms. The van der Waals surface area contributed by atoms with Gasteiger partial charge >= 0.3 is 0 Å². The second-order valence-corrected chi connectivity index (χ2v) is 10.8. The van der Waals surface area contributed by atoms with Gasteiger partial charge in [-0.3, -0.25) is 9.59 Å². The zero-order valence-electron chi connectivity index (χ0n) is 25.9. The molecule has 0 saturated carbocycles. The van der Waals surface area contributed by atoms with Crippen LogP contribution in [0, 0.1) is 5.82 Å². The van der Waals surface area contributed by atoms with E-state index in [1.54, 1.807) is 24.3 Å². The van der Waals surface area contributed by atoms with Gasteiger partial charge in [0.25, 0.3) is 11.8 Å². The number of aliphatic hydroxyl groups is 1. The first kappa shape index (κ1) is 33.1. The van der Waals surface area contributed by atoms with Gasteiger partial charge < -0.3 is 30.2 Å². The van der Waals surface area contributed by atoms with Crippen molar-refractivity contribution in [3.05, 3.63) is 107 Å². The zero-order valence-corrected chi connectivity index (χ0v) is 26.7. The first-order valence-corrected chi connectivity index (χ1v) is 15.7. The highest BCUT2D eigenvalue weighted by molar-refractivity contribution is 7.99. The average molecular weight is 629 g/mol. The molecule has 0 radical (unpaired) electrons. The molecule has 1 heterocycles. The SMILES string of the molecule is CC.CNC(=O)c1c(-c2ccc(F)cc2)oc2cc(N(C)SC)c(-c3ccc(N)c(C(=O)NC(CO)c4ccccc4)c3)cc12. The van der Waals surface area contributed by atoms with Crippen molar-refractivity contribution in [2.75, 3.05) is 37.0 Å². The van der Waals surface area contributed by atoms with E-state index in [4.69, 9.17) is 10.2 Å². The first-order chi connectivity index (χ1) is 21.7. The van der Waals surface area contributed by atoms with Gasteiger partial charge in [0.05, 0.1) is 29.5 Å². The zero-order chi connectivity index (χ0) is 32.7. The number of carbonyl (C=O) groups is 2. The van der Waals surface area contributed by atoms with Crippen LogP contribution in [0.2, 0.25) is 0 Å². The molecule has 0 aliphatic rings. The highest BCUT2D eigenvalue weighted by Gasteiger charge is 2.25. The van der Waals surface area contributed by atoms with Gasteiger partial charge in [-0.1, -0.05) is 62.2 Å². The number of nitrogen functional groups attached to an aromatic ring is 1. The van der Waals surface area contributed by atoms with Crippen LogP contribution in [0.25, 0.3) is 33.4 Å². The molecule has 5 aromatic rings. The molecule has 5 rings (SSSR count). The maximum atomic E-state index is 13.7. The number of carbonyl (C=O) groups excluding carboxylic acids is 2. The van der Waals surface area contributed by atoms with E-state index >= 15 is 0 Å². The number of nitrogens with zero attached hydrogens (tertiary/aromatic N) is 1. The second kappa shape index (κ2) is 14.8. The number of amides is 2. The van der Waals surface area contributed by atoms with Crippen molar-refractivity contribution in [2.45, 2.75) is 19.9 Å². The fraction of sp³-hybridized carbons (Fsp3) is 0.200. The largest absolute Gasteiger partial charge is 0.455 e. The molecule has 5 N–H and O–H groups in total. The van der Waals surface area contributed by atoms with Crippen molar-refractivity contribution in [3.63, 3.8) is 0 Å². The lowest BCUT2D eigenvalue weighted by atomic mass is 9.96. The van der Waals surface area contributed by atoms with Crippen LogP contribution in [0.4, 0.5) is 15.8 Å². The normalized spacial score (nSPS) is 11.4. The molecule has 234 valence electrons. The molecule has 1 unspecified atom stereocenters. The molecule has 0 saturated heterocycles. The van der Waals surface area contributed by atoms with Gasteiger partial charge in [0, 0.05) is 48.6 Å². The Kier molecular flexibility index (Phi) is 10.9. The number of rotatable bonds is 9. The number of benzene rings is 4. The van der Waals surface area contributed by atoms with Crippen molar-refractivity contribution >= 4 is 46.1 Å². The number of furan rings is 1. The minimum Gasteiger partial charge on any atom is -0.455 e. The summed E-state index contributed by atoms with van der Waals surface area (Å²) in [6.07, 6.45) is 1.93. The number of nitrogens with two attached hydrogens (primary N) is 1. The molecule has 2 amide bonds. The standard InChI is InChI=1S/C33H31FN4O4S.C2H6/c1-36-33(41)30-25-16-23(28(38(2)43-3)17-29(25)42-31(30)20-9-12-22(34)13-10-20)21-11-14-26(35)24(15-21)32(40)37-27(18-39)19-7-5-4-6-8-19;1-2/h4-17,27,39H,18,35H2,1-3H3,(H,36,41)(H,37,40);1-2H3. The Morgan fingerprint density at radius 2 is 1.64 bits per heavy atom. The van der Waals surface area contributed by atoms with Gasteiger partial charge in [0.1, 0.15) is 17.2 Å². The number of halogens is 1. The quantitative estimate of drug-likeness (QED) is 0.102. The van der Waals surface area contributed by atoms with Crippen molar-refractivity contribution in [3.8, 4) is 22.5 Å². The van der Waals surface area contributed by atoms with Gasteiger partial charge in [0.2, 0.25) is 0 Å². The van der Waals surface area contributed by atoms with Crippen molar-refractivity contribution < 1.29 is 23.5 Å². The van der Waals surface area contributed by atoms with E-state index < -0.39 is 17.8 Å². The number of fused-ring (bicyclic) bond motifs is 1. The maximum Gasteiger partial charge on any atom is 0.255 e. The Labute approximate surface area is 266 Å². The minimum absolute atomic E-state index is 0.246. The number of aliphatic hydroxyl groups excluding tert-OH is 1. The molecule has 10 heteroatoms. The molecular weight excluding hydrogens is 591 g/mol. The van der Waals surface area contributed by atoms with Gasteiger partial charge in [0.15, 0.2) is 0 Å². The lowest BCUT2D eigenvalue weighted by Crippen LogP contribution is -2.31. The maximum absolute atomic E-state index is 13.7. The Morgan fingerprint density at radius 3 is 2.27 bits per heavy atom. The Balaban J connectivity index is 0.00000226. The van der Waals surface area contributed by atoms with E-state index in [-0.39, 0.29) is 23.8 Å². The van der Waals surface area contributed by atoms with Crippen LogP contribution in [0.3, 0.4) is 0 Å². The summed E-state index contributed by atoms with van der Waals surface area (Å²) in [7, 11) is 3.43. The molecule has 1 aromatic heterocycles. The molecule has 8 nitrogen and oxygen atoms in total. The summed E-state index contributed by atoms with van der Waals surface area (Å²) in [6.45, 7) is 3.72. The van der Waals surface area contributed by atoms with E-state index in [2.05, 4.69) is 10.6 Å². The fourth-order valence-corrected chi connectivity index (χ4v) is 5.30. The monoisotopic (exact) mass is 628 g/mol. The van der Waals surface area contributed by atoms with Crippen LogP contribution in [0.1, 0.15) is 46.2 Å².